The SMILES string of the molecule is CCOc1ccc([C@H]2CC(=O)C3C(=NC(C)=C(C(=O)OC)[C@H]3c3cccs3)C2)cc1OC. The highest BCUT2D eigenvalue weighted by molar-refractivity contribution is 7.10. The number of esters is 1. The first-order valence-corrected chi connectivity index (χ1v) is 11.6. The first kappa shape index (κ1) is 22.3. The monoisotopic (exact) mass is 453 g/mol. The van der Waals surface area contributed by atoms with Gasteiger partial charge in [0.05, 0.1) is 32.3 Å². The van der Waals surface area contributed by atoms with Gasteiger partial charge in [-0.25, -0.2) is 4.79 Å². The zero-order valence-corrected chi connectivity index (χ0v) is 19.5. The number of benzene rings is 1. The highest BCUT2D eigenvalue weighted by atomic mass is 32.1. The van der Waals surface area contributed by atoms with Crippen molar-refractivity contribution < 1.29 is 23.8 Å². The molecule has 3 atom stereocenters. The van der Waals surface area contributed by atoms with Crippen LogP contribution < -0.4 is 9.47 Å². The molecule has 1 saturated carbocycles. The van der Waals surface area contributed by atoms with Crippen molar-refractivity contribution in [3.8, 4) is 11.5 Å². The van der Waals surface area contributed by atoms with Crippen LogP contribution in [0.15, 0.2) is 52.0 Å². The average Bonchev–Trinajstić information content (AvgIpc) is 3.32. The molecule has 1 unspecified atom stereocenters. The van der Waals surface area contributed by atoms with Crippen molar-refractivity contribution in [2.75, 3.05) is 20.8 Å². The number of hydrogen-bond donors (Lipinski definition) is 0. The number of methoxy groups -OCH3 is 2. The number of ketones is 1. The number of aliphatic imine (C=N–C) groups is 1. The number of rotatable bonds is 6. The van der Waals surface area contributed by atoms with E-state index >= 15 is 0 Å². The van der Waals surface area contributed by atoms with Crippen LogP contribution in [0.2, 0.25) is 0 Å². The van der Waals surface area contributed by atoms with Crippen molar-refractivity contribution in [1.29, 1.82) is 0 Å². The maximum atomic E-state index is 13.5. The average molecular weight is 454 g/mol. The molecule has 1 fully saturated rings. The minimum atomic E-state index is -0.438. The van der Waals surface area contributed by atoms with E-state index in [0.29, 0.717) is 42.2 Å². The first-order valence-electron chi connectivity index (χ1n) is 10.7. The second-order valence-electron chi connectivity index (χ2n) is 7.98. The van der Waals surface area contributed by atoms with Crippen molar-refractivity contribution in [3.63, 3.8) is 0 Å². The van der Waals surface area contributed by atoms with Crippen molar-refractivity contribution >= 4 is 28.8 Å². The van der Waals surface area contributed by atoms with Gasteiger partial charge in [-0.15, -0.1) is 11.3 Å². The van der Waals surface area contributed by atoms with Gasteiger partial charge in [-0.2, -0.15) is 0 Å². The fraction of sp³-hybridized carbons (Fsp3) is 0.400. The lowest BCUT2D eigenvalue weighted by Crippen LogP contribution is -2.40. The van der Waals surface area contributed by atoms with E-state index < -0.39 is 11.9 Å². The molecule has 0 amide bonds. The molecule has 2 aromatic rings. The fourth-order valence-electron chi connectivity index (χ4n) is 4.78. The number of Topliss-reactive ketones (excluding diaryl/α,β-unsaturated/α-hetero) is 1. The number of allylic oxidation sites excluding steroid dienone is 1. The van der Waals surface area contributed by atoms with Gasteiger partial charge in [-0.1, -0.05) is 12.1 Å². The molecule has 1 aromatic carbocycles. The number of thiophene rings is 1. The van der Waals surface area contributed by atoms with Gasteiger partial charge < -0.3 is 14.2 Å². The van der Waals surface area contributed by atoms with Crippen LogP contribution in [-0.2, 0) is 14.3 Å². The summed E-state index contributed by atoms with van der Waals surface area (Å²) in [6, 6.07) is 9.76. The molecule has 32 heavy (non-hydrogen) atoms. The van der Waals surface area contributed by atoms with E-state index in [0.717, 1.165) is 16.2 Å². The lowest BCUT2D eigenvalue weighted by molar-refractivity contribution is -0.136. The Bertz CT molecular complexity index is 1090. The van der Waals surface area contributed by atoms with Gasteiger partial charge in [0, 0.05) is 28.6 Å². The molecule has 4 rings (SSSR count). The largest absolute Gasteiger partial charge is 0.493 e. The molecule has 1 aromatic heterocycles. The van der Waals surface area contributed by atoms with Crippen LogP contribution in [0.25, 0.3) is 0 Å². The summed E-state index contributed by atoms with van der Waals surface area (Å²) in [5.41, 5.74) is 2.97. The Kier molecular flexibility index (Phi) is 6.46. The number of fused-ring (bicyclic) bond motifs is 1. The van der Waals surface area contributed by atoms with Crippen LogP contribution in [0, 0.1) is 5.92 Å². The Morgan fingerprint density at radius 1 is 1.16 bits per heavy atom. The minimum Gasteiger partial charge on any atom is -0.493 e. The third kappa shape index (κ3) is 3.97. The quantitative estimate of drug-likeness (QED) is 0.582. The van der Waals surface area contributed by atoms with Crippen molar-refractivity contribution in [2.24, 2.45) is 10.9 Å². The second kappa shape index (κ2) is 9.28. The van der Waals surface area contributed by atoms with Crippen LogP contribution in [0.3, 0.4) is 0 Å². The van der Waals surface area contributed by atoms with Gasteiger partial charge in [0.15, 0.2) is 11.5 Å². The molecule has 6 nitrogen and oxygen atoms in total. The van der Waals surface area contributed by atoms with Gasteiger partial charge in [0.2, 0.25) is 0 Å². The molecule has 0 spiro atoms. The van der Waals surface area contributed by atoms with E-state index in [1.165, 1.54) is 7.11 Å². The lowest BCUT2D eigenvalue weighted by Gasteiger charge is -2.37. The van der Waals surface area contributed by atoms with E-state index in [1.54, 1.807) is 18.4 Å². The summed E-state index contributed by atoms with van der Waals surface area (Å²) in [6.45, 7) is 4.30. The number of carbonyl (C=O) groups is 2. The van der Waals surface area contributed by atoms with E-state index in [4.69, 9.17) is 19.2 Å². The Morgan fingerprint density at radius 3 is 2.62 bits per heavy atom. The van der Waals surface area contributed by atoms with E-state index in [9.17, 15) is 9.59 Å². The predicted molar refractivity (Wildman–Crippen MR) is 124 cm³/mol. The molecule has 2 heterocycles. The summed E-state index contributed by atoms with van der Waals surface area (Å²) in [6.07, 6.45) is 1.04. The fourth-order valence-corrected chi connectivity index (χ4v) is 5.65. The number of nitrogens with zero attached hydrogens (tertiary/aromatic N) is 1. The van der Waals surface area contributed by atoms with E-state index in [2.05, 4.69) is 0 Å². The van der Waals surface area contributed by atoms with Crippen LogP contribution in [0.5, 0.6) is 11.5 Å². The molecule has 2 aliphatic rings. The molecule has 1 aliphatic carbocycles. The summed E-state index contributed by atoms with van der Waals surface area (Å²) in [5.74, 6) is 0.233. The molecular weight excluding hydrogens is 426 g/mol. The standard InChI is InChI=1S/C25H27NO5S/c1-5-31-19-9-8-15(13-20(19)29-3)16-11-17-23(18(27)12-16)24(21-7-6-10-32-21)22(14(2)26-17)25(28)30-4/h6-10,13,16,23-24H,5,11-12H2,1-4H3/t16-,23?,24-/m1/s1. The summed E-state index contributed by atoms with van der Waals surface area (Å²) in [5, 5.41) is 1.97. The van der Waals surface area contributed by atoms with Gasteiger partial charge in [0.1, 0.15) is 5.78 Å². The van der Waals surface area contributed by atoms with Crippen molar-refractivity contribution in [3.05, 3.63) is 57.4 Å². The number of hydrogen-bond acceptors (Lipinski definition) is 7. The molecule has 0 bridgehead atoms. The zero-order chi connectivity index (χ0) is 22.8. The Hall–Kier alpha value is -2.93. The van der Waals surface area contributed by atoms with Gasteiger partial charge >= 0.3 is 5.97 Å². The third-order valence-electron chi connectivity index (χ3n) is 6.17. The smallest absolute Gasteiger partial charge is 0.336 e. The van der Waals surface area contributed by atoms with Gasteiger partial charge in [0.25, 0.3) is 0 Å². The maximum Gasteiger partial charge on any atom is 0.336 e. The number of ether oxygens (including phenoxy) is 3. The van der Waals surface area contributed by atoms with E-state index in [1.807, 2.05) is 49.6 Å². The highest BCUT2D eigenvalue weighted by Crippen LogP contribution is 2.47. The molecule has 0 N–H and O–H groups in total. The molecule has 168 valence electrons. The predicted octanol–water partition coefficient (Wildman–Crippen LogP) is 4.90. The molecule has 1 aliphatic heterocycles. The van der Waals surface area contributed by atoms with Crippen molar-refractivity contribution in [2.45, 2.75) is 38.5 Å². The first-order chi connectivity index (χ1) is 15.5. The topological polar surface area (TPSA) is 74.2 Å². The summed E-state index contributed by atoms with van der Waals surface area (Å²) in [4.78, 5) is 31.9. The normalized spacial score (nSPS) is 22.8. The molecule has 7 heteroatoms. The highest BCUT2D eigenvalue weighted by Gasteiger charge is 2.46. The van der Waals surface area contributed by atoms with Crippen LogP contribution in [-0.4, -0.2) is 38.3 Å². The summed E-state index contributed by atoms with van der Waals surface area (Å²) >= 11 is 1.55. The Balaban J connectivity index is 1.72. The van der Waals surface area contributed by atoms with Gasteiger partial charge in [-0.05, 0) is 55.3 Å². The van der Waals surface area contributed by atoms with E-state index in [-0.39, 0.29) is 17.6 Å². The molecule has 0 radical (unpaired) electrons. The summed E-state index contributed by atoms with van der Waals surface area (Å²) in [7, 11) is 2.98. The lowest BCUT2D eigenvalue weighted by atomic mass is 9.67. The van der Waals surface area contributed by atoms with Crippen molar-refractivity contribution in [1.82, 2.24) is 0 Å². The number of carbonyl (C=O) groups excluding carboxylic acids is 2. The molecule has 0 saturated heterocycles. The Labute approximate surface area is 191 Å². The zero-order valence-electron chi connectivity index (χ0n) is 18.7. The van der Waals surface area contributed by atoms with Crippen LogP contribution >= 0.6 is 11.3 Å². The molecular formula is C25H27NO5S. The maximum absolute atomic E-state index is 13.5. The minimum absolute atomic E-state index is 0.00135. The van der Waals surface area contributed by atoms with Gasteiger partial charge in [-0.3, -0.25) is 9.79 Å². The van der Waals surface area contributed by atoms with Crippen LogP contribution in [0.4, 0.5) is 0 Å². The van der Waals surface area contributed by atoms with Crippen LogP contribution in [0.1, 0.15) is 49.0 Å². The Morgan fingerprint density at radius 2 is 1.97 bits per heavy atom. The second-order valence-corrected chi connectivity index (χ2v) is 8.96. The third-order valence-corrected chi connectivity index (χ3v) is 7.12. The summed E-state index contributed by atoms with van der Waals surface area (Å²) < 4.78 is 16.2.